The Balaban J connectivity index is 0.0000000961. The van der Waals surface area contributed by atoms with Crippen molar-refractivity contribution >= 4 is 288 Å². The second kappa shape index (κ2) is 27.4. The van der Waals surface area contributed by atoms with Gasteiger partial charge in [0, 0.05) is 189 Å². The molecule has 12 heteroatoms. The predicted octanol–water partition coefficient (Wildman–Crippen LogP) is 35.8. The summed E-state index contributed by atoms with van der Waals surface area (Å²) >= 11 is 10.8. The summed E-state index contributed by atoms with van der Waals surface area (Å²) < 4.78 is 38.7. The van der Waals surface area contributed by atoms with Gasteiger partial charge in [0.1, 0.15) is 11.2 Å². The molecule has 0 atom stereocenters. The van der Waals surface area contributed by atoms with Crippen LogP contribution in [0.4, 0.5) is 0 Å². The molecule has 0 aliphatic carbocycles. The number of hydrogen-bond acceptors (Lipinski definition) is 9. The summed E-state index contributed by atoms with van der Waals surface area (Å²) in [5.74, 6) is 0. The van der Waals surface area contributed by atoms with Gasteiger partial charge >= 0.3 is 0 Å². The first-order chi connectivity index (χ1) is 62.5. The number of benzene rings is 18. The van der Waals surface area contributed by atoms with Crippen molar-refractivity contribution < 1.29 is 13.3 Å². The van der Waals surface area contributed by atoms with E-state index in [4.69, 9.17) is 13.3 Å². The van der Waals surface area contributed by atoms with Gasteiger partial charge in [-0.3, -0.25) is 0 Å². The zero-order valence-electron chi connectivity index (χ0n) is 66.9. The Kier molecular flexibility index (Phi) is 15.4. The molecule has 0 saturated heterocycles. The Morgan fingerprint density at radius 2 is 0.476 bits per heavy atom. The summed E-state index contributed by atoms with van der Waals surface area (Å²) in [6.45, 7) is 0. The minimum absolute atomic E-state index is 0.929. The van der Waals surface area contributed by atoms with Crippen LogP contribution in [0.25, 0.3) is 270 Å². The van der Waals surface area contributed by atoms with E-state index < -0.39 is 0 Å². The standard InChI is InChI=1S/C38H22N2OS.C38H21NOS2.C38H20OS3/c1-5-15-30-24(10-1)25-11-2-6-16-31(25)39(30)23-20-21-33-29(22-23)26-12-3-7-17-32(26)40(33)34-18-9-14-28-36-27-13-4-8-19-35(27)42-38(36)41-37(28)34;1-4-16-31-23(9-1)24-10-2-5-17-32(24)39(31)22-19-20-34-30(21-22)27-14-8-13-26(37(27)41-34)25-12-7-15-29-35-28-11-3-6-18-33(28)42-38(35)40-36(25)29;1-3-13-31-23(7-1)29-19-21(15-17-33(29)40-31)22-16-18-34-30(20-22)26-11-6-10-25(37(26)41-34)24-9-5-12-28-35-27-8-2-4-14-32(27)42-38(35)39-36(24)28/h1-22H;1-21H;1-20H. The van der Waals surface area contributed by atoms with E-state index in [1.54, 1.807) is 34.0 Å². The van der Waals surface area contributed by atoms with Crippen LogP contribution in [-0.2, 0) is 0 Å². The summed E-state index contributed by atoms with van der Waals surface area (Å²) in [6, 6.07) is 139. The fourth-order valence-corrected chi connectivity index (χ4v) is 27.2. The van der Waals surface area contributed by atoms with E-state index in [9.17, 15) is 0 Å². The Morgan fingerprint density at radius 3 is 0.944 bits per heavy atom. The van der Waals surface area contributed by atoms with Gasteiger partial charge in [-0.1, -0.05) is 295 Å². The van der Waals surface area contributed by atoms with Crippen molar-refractivity contribution in [2.45, 2.75) is 0 Å². The molecule has 0 bridgehead atoms. The average molecular weight is 1720 g/mol. The number of furan rings is 3. The number of rotatable bonds is 6. The number of aromatic nitrogens is 3. The van der Waals surface area contributed by atoms with Crippen LogP contribution in [-0.4, -0.2) is 13.7 Å². The van der Waals surface area contributed by atoms with Gasteiger partial charge in [0.15, 0.2) is 20.3 Å². The summed E-state index contributed by atoms with van der Waals surface area (Å²) in [5.41, 5.74) is 20.8. The molecule has 0 amide bonds. The fourth-order valence-electron chi connectivity index (χ4n) is 20.4. The Bertz CT molecular complexity index is 9770. The van der Waals surface area contributed by atoms with Crippen molar-refractivity contribution in [3.05, 3.63) is 382 Å². The first-order valence-electron chi connectivity index (χ1n) is 42.3. The molecule has 30 aromatic rings. The van der Waals surface area contributed by atoms with E-state index >= 15 is 0 Å². The number of thiophene rings is 6. The largest absolute Gasteiger partial charge is 0.445 e. The minimum Gasteiger partial charge on any atom is -0.445 e. The monoisotopic (exact) mass is 1710 g/mol. The SMILES string of the molecule is c1ccc2c(c1)sc1ccc(-c3ccc4sc5c(-c6cccc7c6oc6sc8ccccc8c67)cccc5c4c3)cc12.c1ccc2c(c1)sc1oc3c(-c4cccc5c4sc4ccc(-n6c7ccccc7c7ccccc76)cc45)cccc3c12.c1ccc2c(c1)sc1oc3c(-n4c5ccccc5c5cc(-n6c7ccccc7c7ccccc76)ccc54)cccc3c12. The van der Waals surface area contributed by atoms with E-state index in [-0.39, 0.29) is 0 Å². The zero-order valence-corrected chi connectivity index (χ0v) is 71.8. The molecular formula is C114H63N3O3S6. The normalized spacial score (nSPS) is 12.3. The Labute approximate surface area is 741 Å². The lowest BCUT2D eigenvalue weighted by Crippen LogP contribution is -1.96. The van der Waals surface area contributed by atoms with E-state index in [1.165, 1.54) is 206 Å². The van der Waals surface area contributed by atoms with Crippen molar-refractivity contribution in [3.8, 4) is 50.4 Å². The second-order valence-corrected chi connectivity index (χ2v) is 38.9. The molecule has 0 aliphatic rings. The zero-order chi connectivity index (χ0) is 82.1. The first-order valence-corrected chi connectivity index (χ1v) is 47.2. The van der Waals surface area contributed by atoms with Crippen LogP contribution in [0.15, 0.2) is 395 Å². The number of hydrogen-bond donors (Lipinski definition) is 0. The van der Waals surface area contributed by atoms with Crippen molar-refractivity contribution in [2.24, 2.45) is 0 Å². The van der Waals surface area contributed by atoms with Gasteiger partial charge in [-0.2, -0.15) is 0 Å². The van der Waals surface area contributed by atoms with Crippen LogP contribution >= 0.6 is 68.0 Å². The van der Waals surface area contributed by atoms with E-state index in [2.05, 4.69) is 396 Å². The van der Waals surface area contributed by atoms with Crippen LogP contribution in [0.1, 0.15) is 0 Å². The molecule has 0 aliphatic heterocycles. The molecule has 0 fully saturated rings. The second-order valence-electron chi connectivity index (χ2n) is 32.7. The smallest absolute Gasteiger partial charge is 0.190 e. The first kappa shape index (κ1) is 70.8. The maximum absolute atomic E-state index is 6.66. The van der Waals surface area contributed by atoms with Crippen molar-refractivity contribution in [3.63, 3.8) is 0 Å². The molecule has 0 unspecified atom stereocenters. The van der Waals surface area contributed by atoms with Gasteiger partial charge in [0.25, 0.3) is 0 Å². The highest BCUT2D eigenvalue weighted by Gasteiger charge is 2.26. The molecule has 0 N–H and O–H groups in total. The minimum atomic E-state index is 0.929. The van der Waals surface area contributed by atoms with Gasteiger partial charge in [0.2, 0.25) is 0 Å². The maximum atomic E-state index is 6.66. The summed E-state index contributed by atoms with van der Waals surface area (Å²) in [4.78, 5) is 2.98. The van der Waals surface area contributed by atoms with Gasteiger partial charge in [-0.15, -0.1) is 34.0 Å². The molecule has 12 heterocycles. The molecular weight excluding hydrogens is 1650 g/mol. The van der Waals surface area contributed by atoms with Gasteiger partial charge in [-0.25, -0.2) is 0 Å². The molecule has 126 heavy (non-hydrogen) atoms. The fraction of sp³-hybridized carbons (Fsp3) is 0. The number of fused-ring (bicyclic) bond motifs is 33. The summed E-state index contributed by atoms with van der Waals surface area (Å²) in [5, 5.41) is 26.4. The Hall–Kier alpha value is -14.7. The average Bonchev–Trinajstić information content (AvgIpc) is 1.57. The predicted molar refractivity (Wildman–Crippen MR) is 545 cm³/mol. The van der Waals surface area contributed by atoms with Crippen LogP contribution in [0.2, 0.25) is 0 Å². The number of para-hydroxylation sites is 8. The van der Waals surface area contributed by atoms with Crippen LogP contribution in [0, 0.1) is 0 Å². The highest BCUT2D eigenvalue weighted by Crippen LogP contribution is 2.52. The third kappa shape index (κ3) is 10.4. The summed E-state index contributed by atoms with van der Waals surface area (Å²) in [6.07, 6.45) is 0. The van der Waals surface area contributed by atoms with Crippen LogP contribution in [0.3, 0.4) is 0 Å². The van der Waals surface area contributed by atoms with E-state index in [1.807, 2.05) is 34.0 Å². The van der Waals surface area contributed by atoms with Gasteiger partial charge in [-0.05, 0) is 132 Å². The number of nitrogens with zero attached hydrogens (tertiary/aromatic N) is 3. The van der Waals surface area contributed by atoms with Crippen molar-refractivity contribution in [1.82, 2.24) is 13.7 Å². The topological polar surface area (TPSA) is 54.2 Å². The lowest BCUT2D eigenvalue weighted by molar-refractivity contribution is 0.675. The lowest BCUT2D eigenvalue weighted by atomic mass is 9.98. The quantitative estimate of drug-likeness (QED) is 0.167. The molecule has 0 spiro atoms. The molecule has 12 aromatic heterocycles. The van der Waals surface area contributed by atoms with Crippen LogP contribution in [0.5, 0.6) is 0 Å². The highest BCUT2D eigenvalue weighted by molar-refractivity contribution is 7.28. The third-order valence-corrected chi connectivity index (χ3v) is 32.7. The Morgan fingerprint density at radius 1 is 0.175 bits per heavy atom. The molecule has 6 nitrogen and oxygen atoms in total. The van der Waals surface area contributed by atoms with E-state index in [0.29, 0.717) is 0 Å². The third-order valence-electron chi connectivity index (χ3n) is 25.9. The van der Waals surface area contributed by atoms with Gasteiger partial charge < -0.3 is 27.0 Å². The van der Waals surface area contributed by atoms with Crippen molar-refractivity contribution in [2.75, 3.05) is 0 Å². The molecule has 588 valence electrons. The van der Waals surface area contributed by atoms with Gasteiger partial charge in [0.05, 0.1) is 38.8 Å². The molecule has 0 saturated carbocycles. The highest BCUT2D eigenvalue weighted by atomic mass is 32.1. The van der Waals surface area contributed by atoms with Crippen LogP contribution < -0.4 is 0 Å². The van der Waals surface area contributed by atoms with Crippen molar-refractivity contribution in [1.29, 1.82) is 0 Å². The molecule has 30 rings (SSSR count). The van der Waals surface area contributed by atoms with E-state index in [0.717, 1.165) is 64.8 Å². The lowest BCUT2D eigenvalue weighted by Gasteiger charge is -2.10. The summed E-state index contributed by atoms with van der Waals surface area (Å²) in [7, 11) is 0. The maximum Gasteiger partial charge on any atom is 0.190 e. The molecule has 18 aromatic carbocycles. The molecule has 0 radical (unpaired) electrons.